The van der Waals surface area contributed by atoms with Crippen molar-refractivity contribution in [2.24, 2.45) is 0 Å². The summed E-state index contributed by atoms with van der Waals surface area (Å²) in [5.41, 5.74) is 1.76. The maximum absolute atomic E-state index is 14.4. The summed E-state index contributed by atoms with van der Waals surface area (Å²) in [6.45, 7) is 3.00. The van der Waals surface area contributed by atoms with E-state index in [0.717, 1.165) is 5.56 Å². The Bertz CT molecular complexity index is 866. The Morgan fingerprint density at radius 3 is 2.57 bits per heavy atom. The van der Waals surface area contributed by atoms with Gasteiger partial charge in [-0.05, 0) is 62.5 Å². The van der Waals surface area contributed by atoms with Gasteiger partial charge in [0.25, 0.3) is 0 Å². The Hall–Kier alpha value is -2.23. The molecule has 2 rings (SSSR count). The molecule has 0 bridgehead atoms. The number of aliphatic hydroxyl groups is 2. The molecule has 1 aliphatic rings. The lowest BCUT2D eigenvalue weighted by Crippen LogP contribution is -2.35. The normalized spacial score (nSPS) is 18.2. The van der Waals surface area contributed by atoms with Crippen LogP contribution in [0, 0.1) is 12.7 Å². The van der Waals surface area contributed by atoms with Crippen LogP contribution in [0.5, 0.6) is 0 Å². The zero-order valence-corrected chi connectivity index (χ0v) is 18.6. The monoisotopic (exact) mass is 439 g/mol. The van der Waals surface area contributed by atoms with Crippen molar-refractivity contribution in [2.45, 2.75) is 44.0 Å². The van der Waals surface area contributed by atoms with Crippen LogP contribution in [0.15, 0.2) is 41.4 Å². The molecule has 0 saturated heterocycles. The predicted molar refractivity (Wildman–Crippen MR) is 116 cm³/mol. The number of aldehydes is 1. The number of allylic oxidation sites excluding steroid dienone is 2. The van der Waals surface area contributed by atoms with Crippen LogP contribution in [-0.4, -0.2) is 57.2 Å². The first-order valence-electron chi connectivity index (χ1n) is 9.67. The minimum atomic E-state index is -1.59. The molecule has 1 aromatic rings. The molecule has 0 spiro atoms. The fourth-order valence-corrected chi connectivity index (χ4v) is 4.37. The minimum Gasteiger partial charge on any atom is -0.394 e. The molecule has 0 radical (unpaired) electrons. The van der Waals surface area contributed by atoms with Gasteiger partial charge in [0.15, 0.2) is 0 Å². The summed E-state index contributed by atoms with van der Waals surface area (Å²) in [7, 11) is 1.89. The van der Waals surface area contributed by atoms with Crippen LogP contribution in [0.1, 0.15) is 31.7 Å². The van der Waals surface area contributed by atoms with Gasteiger partial charge < -0.3 is 25.2 Å². The molecule has 0 amide bonds. The van der Waals surface area contributed by atoms with Crippen LogP contribution in [0.25, 0.3) is 0 Å². The number of nitrogens with zero attached hydrogens (tertiary/aromatic N) is 1. The third-order valence-corrected chi connectivity index (χ3v) is 6.63. The van der Waals surface area contributed by atoms with Crippen LogP contribution in [0.3, 0.4) is 0 Å². The average Bonchev–Trinajstić information content (AvgIpc) is 3.47. The highest BCUT2D eigenvalue weighted by Gasteiger charge is 2.50. The number of aryl methyl sites for hydroxylation is 1. The number of carbonyl (C=O) groups excluding carboxylic acids is 1. The first-order chi connectivity index (χ1) is 14.1. The first-order valence-corrected chi connectivity index (χ1v) is 10.8. The number of anilines is 1. The number of rotatable bonds is 11. The Labute approximate surface area is 179 Å². The van der Waals surface area contributed by atoms with Crippen molar-refractivity contribution in [2.75, 3.05) is 26.0 Å². The summed E-state index contributed by atoms with van der Waals surface area (Å²) >= 11 is 0. The van der Waals surface area contributed by atoms with E-state index < -0.39 is 34.3 Å². The van der Waals surface area contributed by atoms with Gasteiger partial charge in [-0.2, -0.15) is 0 Å². The Morgan fingerprint density at radius 1 is 1.40 bits per heavy atom. The molecule has 0 aromatic heterocycles. The Balaban J connectivity index is 2.41. The molecule has 0 aliphatic heterocycles. The number of carbonyl (C=O) groups is 1. The fraction of sp³-hybridized carbons (Fsp3) is 0.476. The standard InChI is InChI=1S/C21H30FN3O4S/c1-14-5-6-18(17(22)9-14)23-20(25(3)4)19(10-15(2)12-26)24-30(29)21(7-8-21)11-16(28)13-27/h5-6,9-10,12,16,23-24,27-28H,7-8,11,13H2,1-4H3/b15-10-,20-19+. The molecule has 0 heterocycles. The van der Waals surface area contributed by atoms with Crippen molar-refractivity contribution in [3.63, 3.8) is 0 Å². The smallest absolute Gasteiger partial charge is 0.146 e. The number of aliphatic hydroxyl groups excluding tert-OH is 2. The number of nitrogens with one attached hydrogen (secondary N) is 2. The van der Waals surface area contributed by atoms with Crippen LogP contribution in [0.2, 0.25) is 0 Å². The minimum absolute atomic E-state index is 0.198. The van der Waals surface area contributed by atoms with Crippen LogP contribution in [-0.2, 0) is 15.8 Å². The van der Waals surface area contributed by atoms with Crippen LogP contribution in [0.4, 0.5) is 10.1 Å². The van der Waals surface area contributed by atoms with E-state index in [-0.39, 0.29) is 12.1 Å². The highest BCUT2D eigenvalue weighted by molar-refractivity contribution is 7.85. The molecule has 30 heavy (non-hydrogen) atoms. The topological polar surface area (TPSA) is 102 Å². The molecular weight excluding hydrogens is 409 g/mol. The molecular formula is C21H30FN3O4S. The van der Waals surface area contributed by atoms with Crippen molar-refractivity contribution in [1.29, 1.82) is 0 Å². The molecule has 9 heteroatoms. The van der Waals surface area contributed by atoms with E-state index in [2.05, 4.69) is 10.0 Å². The molecule has 7 nitrogen and oxygen atoms in total. The third-order valence-electron chi connectivity index (χ3n) is 4.86. The lowest BCUT2D eigenvalue weighted by atomic mass is 10.2. The van der Waals surface area contributed by atoms with E-state index in [1.54, 1.807) is 45.0 Å². The second-order valence-corrected chi connectivity index (χ2v) is 9.47. The van der Waals surface area contributed by atoms with E-state index >= 15 is 0 Å². The highest BCUT2D eigenvalue weighted by Crippen LogP contribution is 2.45. The lowest BCUT2D eigenvalue weighted by Gasteiger charge is -2.25. The first kappa shape index (κ1) is 24.0. The third kappa shape index (κ3) is 6.13. The van der Waals surface area contributed by atoms with Gasteiger partial charge in [-0.15, -0.1) is 0 Å². The Kier molecular flexibility index (Phi) is 8.17. The van der Waals surface area contributed by atoms with Crippen molar-refractivity contribution in [1.82, 2.24) is 9.62 Å². The number of hydrogen-bond acceptors (Lipinski definition) is 6. The number of benzene rings is 1. The summed E-state index contributed by atoms with van der Waals surface area (Å²) in [6.07, 6.45) is 2.75. The van der Waals surface area contributed by atoms with Gasteiger partial charge in [-0.1, -0.05) is 6.07 Å². The van der Waals surface area contributed by atoms with Crippen LogP contribution < -0.4 is 10.0 Å². The number of hydrogen-bond donors (Lipinski definition) is 4. The van der Waals surface area contributed by atoms with Gasteiger partial charge in [-0.3, -0.25) is 4.79 Å². The maximum Gasteiger partial charge on any atom is 0.146 e. The van der Waals surface area contributed by atoms with Gasteiger partial charge in [0, 0.05) is 14.1 Å². The summed E-state index contributed by atoms with van der Waals surface area (Å²) < 4.78 is 29.8. The lowest BCUT2D eigenvalue weighted by molar-refractivity contribution is -0.104. The van der Waals surface area contributed by atoms with Gasteiger partial charge in [0.2, 0.25) is 0 Å². The Morgan fingerprint density at radius 2 is 2.07 bits per heavy atom. The second kappa shape index (κ2) is 10.2. The zero-order chi connectivity index (χ0) is 22.5. The summed E-state index contributed by atoms with van der Waals surface area (Å²) in [5.74, 6) is -0.0125. The summed E-state index contributed by atoms with van der Waals surface area (Å²) in [6, 6.07) is 4.79. The zero-order valence-electron chi connectivity index (χ0n) is 17.7. The van der Waals surface area contributed by atoms with Crippen LogP contribution >= 0.6 is 0 Å². The van der Waals surface area contributed by atoms with E-state index in [0.29, 0.717) is 36.2 Å². The molecule has 2 atom stereocenters. The maximum atomic E-state index is 14.4. The quantitative estimate of drug-likeness (QED) is 0.239. The van der Waals surface area contributed by atoms with Crippen molar-refractivity contribution in [3.05, 3.63) is 52.7 Å². The molecule has 4 N–H and O–H groups in total. The summed E-state index contributed by atoms with van der Waals surface area (Å²) in [4.78, 5) is 12.9. The molecule has 1 fully saturated rings. The second-order valence-electron chi connectivity index (χ2n) is 7.87. The van der Waals surface area contributed by atoms with E-state index in [4.69, 9.17) is 5.11 Å². The number of halogens is 1. The fourth-order valence-electron chi connectivity index (χ4n) is 2.98. The molecule has 166 valence electrons. The van der Waals surface area contributed by atoms with E-state index in [9.17, 15) is 18.5 Å². The van der Waals surface area contributed by atoms with E-state index in [1.165, 1.54) is 12.1 Å². The largest absolute Gasteiger partial charge is 0.394 e. The average molecular weight is 440 g/mol. The van der Waals surface area contributed by atoms with Crippen molar-refractivity contribution >= 4 is 23.0 Å². The molecule has 1 aliphatic carbocycles. The SMILES string of the molecule is C/C(C=O)=C/C(NS(=O)C1(CC(O)CO)CC1)=C(/Nc1ccc(C)cc1F)N(C)C. The molecule has 2 unspecified atom stereocenters. The van der Waals surface area contributed by atoms with Crippen molar-refractivity contribution in [3.8, 4) is 0 Å². The van der Waals surface area contributed by atoms with Gasteiger partial charge in [0.1, 0.15) is 28.9 Å². The van der Waals surface area contributed by atoms with Gasteiger partial charge >= 0.3 is 0 Å². The summed E-state index contributed by atoms with van der Waals surface area (Å²) in [5, 5.41) is 21.9. The highest BCUT2D eigenvalue weighted by atomic mass is 32.2. The molecule has 1 saturated carbocycles. The van der Waals surface area contributed by atoms with Gasteiger partial charge in [0.05, 0.1) is 28.8 Å². The predicted octanol–water partition coefficient (Wildman–Crippen LogP) is 1.95. The van der Waals surface area contributed by atoms with Crippen molar-refractivity contribution < 1.29 is 23.6 Å². The molecule has 1 aromatic carbocycles. The van der Waals surface area contributed by atoms with Gasteiger partial charge in [-0.25, -0.2) is 8.60 Å². The van der Waals surface area contributed by atoms with E-state index in [1.807, 2.05) is 0 Å².